The van der Waals surface area contributed by atoms with Crippen LogP contribution in [0.1, 0.15) is 11.4 Å². The molecule has 0 spiro atoms. The van der Waals surface area contributed by atoms with Gasteiger partial charge in [-0.1, -0.05) is 0 Å². The Morgan fingerprint density at radius 3 is 2.58 bits per heavy atom. The van der Waals surface area contributed by atoms with Gasteiger partial charge in [0.15, 0.2) is 11.4 Å². The summed E-state index contributed by atoms with van der Waals surface area (Å²) in [5.41, 5.74) is 1.39. The number of nitriles is 1. The van der Waals surface area contributed by atoms with E-state index < -0.39 is 10.0 Å². The topological polar surface area (TPSA) is 143 Å². The lowest BCUT2D eigenvalue weighted by Gasteiger charge is -2.18. The van der Waals surface area contributed by atoms with Crippen molar-refractivity contribution in [3.8, 4) is 17.6 Å². The molecule has 0 saturated heterocycles. The third-order valence-corrected chi connectivity index (χ3v) is 4.79. The van der Waals surface area contributed by atoms with Gasteiger partial charge in [-0.25, -0.2) is 23.4 Å². The predicted molar refractivity (Wildman–Crippen MR) is 122 cm³/mol. The van der Waals surface area contributed by atoms with Gasteiger partial charge < -0.3 is 14.4 Å². The van der Waals surface area contributed by atoms with Crippen LogP contribution >= 0.6 is 11.6 Å². The number of aromatic nitrogens is 4. The number of nitrogens with one attached hydrogen (secondary N) is 1. The van der Waals surface area contributed by atoms with E-state index in [0.717, 1.165) is 11.9 Å². The van der Waals surface area contributed by atoms with Crippen molar-refractivity contribution in [3.05, 3.63) is 54.1 Å². The molecular formula is C20H20ClN7O4S. The van der Waals surface area contributed by atoms with Crippen LogP contribution in [0.5, 0.6) is 11.5 Å². The van der Waals surface area contributed by atoms with Gasteiger partial charge in [0.1, 0.15) is 25.0 Å². The summed E-state index contributed by atoms with van der Waals surface area (Å²) in [6.07, 6.45) is 3.91. The van der Waals surface area contributed by atoms with Crippen molar-refractivity contribution in [2.24, 2.45) is 0 Å². The van der Waals surface area contributed by atoms with Crippen LogP contribution in [0.3, 0.4) is 0 Å². The Kier molecular flexibility index (Phi) is 7.81. The first kappa shape index (κ1) is 24.0. The molecular weight excluding hydrogens is 470 g/mol. The SMILES string of the molecule is CN(c1ccc(OCc2ccnc(NS(C)(=O)=O)n2)cc1)c1ncc(OCCCl)c(C#N)n1. The molecule has 0 aliphatic carbocycles. The summed E-state index contributed by atoms with van der Waals surface area (Å²) in [6.45, 7) is 0.370. The summed E-state index contributed by atoms with van der Waals surface area (Å²) in [5.74, 6) is 1.44. The monoisotopic (exact) mass is 489 g/mol. The van der Waals surface area contributed by atoms with Crippen molar-refractivity contribution >= 4 is 39.2 Å². The number of ether oxygens (including phenoxy) is 2. The van der Waals surface area contributed by atoms with E-state index in [1.165, 1.54) is 12.4 Å². The van der Waals surface area contributed by atoms with Gasteiger partial charge in [-0.15, -0.1) is 11.6 Å². The zero-order valence-electron chi connectivity index (χ0n) is 17.8. The number of sulfonamides is 1. The fourth-order valence-electron chi connectivity index (χ4n) is 2.59. The van der Waals surface area contributed by atoms with E-state index in [-0.39, 0.29) is 36.5 Å². The number of nitrogens with zero attached hydrogens (tertiary/aromatic N) is 6. The Morgan fingerprint density at radius 2 is 1.91 bits per heavy atom. The smallest absolute Gasteiger partial charge is 0.236 e. The Hall–Kier alpha value is -3.69. The first-order valence-corrected chi connectivity index (χ1v) is 11.9. The number of halogens is 1. The molecule has 33 heavy (non-hydrogen) atoms. The van der Waals surface area contributed by atoms with Crippen LogP contribution in [-0.2, 0) is 16.6 Å². The lowest BCUT2D eigenvalue weighted by Crippen LogP contribution is -2.14. The van der Waals surface area contributed by atoms with Gasteiger partial charge in [-0.05, 0) is 30.3 Å². The first-order chi connectivity index (χ1) is 15.8. The lowest BCUT2D eigenvalue weighted by molar-refractivity contribution is 0.301. The van der Waals surface area contributed by atoms with Crippen molar-refractivity contribution in [1.29, 1.82) is 5.26 Å². The molecule has 2 heterocycles. The summed E-state index contributed by atoms with van der Waals surface area (Å²) in [7, 11) is -1.70. The average Bonchev–Trinajstić information content (AvgIpc) is 2.80. The molecule has 0 saturated carbocycles. The minimum Gasteiger partial charge on any atom is -0.488 e. The highest BCUT2D eigenvalue weighted by molar-refractivity contribution is 7.91. The van der Waals surface area contributed by atoms with Gasteiger partial charge in [0.05, 0.1) is 24.0 Å². The second-order valence-electron chi connectivity index (χ2n) is 6.62. The second kappa shape index (κ2) is 10.8. The summed E-state index contributed by atoms with van der Waals surface area (Å²) < 4.78 is 35.9. The minimum atomic E-state index is -3.47. The van der Waals surface area contributed by atoms with E-state index >= 15 is 0 Å². The van der Waals surface area contributed by atoms with Crippen molar-refractivity contribution in [2.75, 3.05) is 35.4 Å². The molecule has 0 radical (unpaired) electrons. The molecule has 3 rings (SSSR count). The molecule has 13 heteroatoms. The lowest BCUT2D eigenvalue weighted by atomic mass is 10.3. The molecule has 0 amide bonds. The summed E-state index contributed by atoms with van der Waals surface area (Å²) in [5, 5.41) is 9.33. The molecule has 0 bridgehead atoms. The number of anilines is 3. The molecule has 11 nitrogen and oxygen atoms in total. The Balaban J connectivity index is 1.66. The van der Waals surface area contributed by atoms with E-state index in [9.17, 15) is 13.7 Å². The maximum absolute atomic E-state index is 11.3. The quantitative estimate of drug-likeness (QED) is 0.421. The predicted octanol–water partition coefficient (Wildman–Crippen LogP) is 2.47. The maximum Gasteiger partial charge on any atom is 0.236 e. The van der Waals surface area contributed by atoms with E-state index in [1.807, 2.05) is 6.07 Å². The van der Waals surface area contributed by atoms with Gasteiger partial charge >= 0.3 is 0 Å². The molecule has 1 aromatic carbocycles. The van der Waals surface area contributed by atoms with Crippen molar-refractivity contribution < 1.29 is 17.9 Å². The van der Waals surface area contributed by atoms with E-state index in [1.54, 1.807) is 42.3 Å². The largest absolute Gasteiger partial charge is 0.488 e. The van der Waals surface area contributed by atoms with Gasteiger partial charge in [0.25, 0.3) is 0 Å². The molecule has 0 atom stereocenters. The molecule has 0 aliphatic rings. The molecule has 172 valence electrons. The zero-order chi connectivity index (χ0) is 23.8. The Labute approximate surface area is 196 Å². The van der Waals surface area contributed by atoms with Crippen molar-refractivity contribution in [1.82, 2.24) is 19.9 Å². The fraction of sp³-hybridized carbons (Fsp3) is 0.250. The van der Waals surface area contributed by atoms with E-state index in [2.05, 4.69) is 24.7 Å². The van der Waals surface area contributed by atoms with Crippen LogP contribution in [0.2, 0.25) is 0 Å². The van der Waals surface area contributed by atoms with Crippen LogP contribution in [0.15, 0.2) is 42.7 Å². The summed E-state index contributed by atoms with van der Waals surface area (Å²) in [6, 6.07) is 10.7. The molecule has 2 aromatic heterocycles. The number of alkyl halides is 1. The standard InChI is InChI=1S/C20H20ClN7O4S/c1-28(20-24-12-18(31-10-8-21)17(11-22)26-20)15-3-5-16(6-4-15)32-13-14-7-9-23-19(25-14)27-33(2,29)30/h3-7,9,12H,8,10,13H2,1-2H3,(H,23,25,27). The third-order valence-electron chi connectivity index (χ3n) is 4.08. The Bertz CT molecular complexity index is 1250. The maximum atomic E-state index is 11.3. The highest BCUT2D eigenvalue weighted by atomic mass is 35.5. The van der Waals surface area contributed by atoms with Crippen LogP contribution in [-0.4, -0.2) is 54.1 Å². The van der Waals surface area contributed by atoms with Crippen molar-refractivity contribution in [3.63, 3.8) is 0 Å². The minimum absolute atomic E-state index is 0.0219. The number of rotatable bonds is 10. The molecule has 1 N–H and O–H groups in total. The first-order valence-electron chi connectivity index (χ1n) is 9.51. The fourth-order valence-corrected chi connectivity index (χ4v) is 3.09. The highest BCUT2D eigenvalue weighted by Crippen LogP contribution is 2.25. The van der Waals surface area contributed by atoms with Gasteiger partial charge in [0.2, 0.25) is 21.9 Å². The van der Waals surface area contributed by atoms with Crippen molar-refractivity contribution in [2.45, 2.75) is 6.61 Å². The molecule has 0 unspecified atom stereocenters. The number of benzene rings is 1. The molecule has 0 fully saturated rings. The molecule has 0 aliphatic heterocycles. The average molecular weight is 490 g/mol. The third kappa shape index (κ3) is 6.90. The highest BCUT2D eigenvalue weighted by Gasteiger charge is 2.13. The van der Waals surface area contributed by atoms with Gasteiger partial charge in [0, 0.05) is 18.9 Å². The summed E-state index contributed by atoms with van der Waals surface area (Å²) >= 11 is 5.61. The van der Waals surface area contributed by atoms with E-state index in [4.69, 9.17) is 21.1 Å². The van der Waals surface area contributed by atoms with Crippen LogP contribution in [0, 0.1) is 11.3 Å². The van der Waals surface area contributed by atoms with Crippen LogP contribution < -0.4 is 19.1 Å². The summed E-state index contributed by atoms with van der Waals surface area (Å²) in [4.78, 5) is 18.2. The number of hydrogen-bond donors (Lipinski definition) is 1. The Morgan fingerprint density at radius 1 is 1.15 bits per heavy atom. The second-order valence-corrected chi connectivity index (χ2v) is 8.75. The van der Waals surface area contributed by atoms with Crippen LogP contribution in [0.25, 0.3) is 0 Å². The van der Waals surface area contributed by atoms with Gasteiger partial charge in [-0.2, -0.15) is 10.2 Å². The van der Waals surface area contributed by atoms with E-state index in [0.29, 0.717) is 17.4 Å². The van der Waals surface area contributed by atoms with Crippen LogP contribution in [0.4, 0.5) is 17.6 Å². The zero-order valence-corrected chi connectivity index (χ0v) is 19.3. The number of hydrogen-bond acceptors (Lipinski definition) is 10. The molecule has 3 aromatic rings. The van der Waals surface area contributed by atoms with Gasteiger partial charge in [-0.3, -0.25) is 4.72 Å². The normalized spacial score (nSPS) is 10.8.